The number of pyridine rings is 2. The zero-order valence-electron chi connectivity index (χ0n) is 23.8. The number of hydrogen-bond acceptors (Lipinski definition) is 4. The summed E-state index contributed by atoms with van der Waals surface area (Å²) >= 11 is 0. The zero-order valence-corrected chi connectivity index (χ0v) is 23.8. The summed E-state index contributed by atoms with van der Waals surface area (Å²) in [6, 6.07) is 7.31. The second kappa shape index (κ2) is 10.9. The van der Waals surface area contributed by atoms with Gasteiger partial charge in [-0.25, -0.2) is 0 Å². The van der Waals surface area contributed by atoms with Crippen LogP contribution in [0, 0.1) is 10.8 Å². The van der Waals surface area contributed by atoms with E-state index in [0.29, 0.717) is 12.1 Å². The molecule has 2 unspecified atom stereocenters. The Hall–Kier alpha value is -1.78. The van der Waals surface area contributed by atoms with Gasteiger partial charge in [-0.3, -0.25) is 19.8 Å². The van der Waals surface area contributed by atoms with Gasteiger partial charge in [-0.05, 0) is 81.2 Å². The first-order valence-corrected chi connectivity index (χ1v) is 12.8. The van der Waals surface area contributed by atoms with Crippen LogP contribution in [0.1, 0.15) is 132 Å². The Morgan fingerprint density at radius 2 is 1.17 bits per heavy atom. The lowest BCUT2D eigenvalue weighted by atomic mass is 9.81. The molecule has 0 saturated heterocycles. The van der Waals surface area contributed by atoms with E-state index >= 15 is 0 Å². The fourth-order valence-corrected chi connectivity index (χ4v) is 5.58. The van der Waals surface area contributed by atoms with Crippen molar-refractivity contribution in [3.8, 4) is 0 Å². The van der Waals surface area contributed by atoms with E-state index in [0.717, 1.165) is 13.1 Å². The highest BCUT2D eigenvalue weighted by Crippen LogP contribution is 2.48. The second-order valence-corrected chi connectivity index (χ2v) is 14.3. The predicted molar refractivity (Wildman–Crippen MR) is 157 cm³/mol. The van der Waals surface area contributed by atoms with E-state index in [1.165, 1.54) is 22.4 Å². The Bertz CT molecular complexity index is 901. The molecule has 0 bridgehead atoms. The lowest BCUT2D eigenvalue weighted by Gasteiger charge is -2.43. The van der Waals surface area contributed by atoms with Gasteiger partial charge in [0.25, 0.3) is 0 Å². The summed E-state index contributed by atoms with van der Waals surface area (Å²) in [7, 11) is 0. The van der Waals surface area contributed by atoms with E-state index in [9.17, 15) is 0 Å². The molecular formula is C32H56N4. The van der Waals surface area contributed by atoms with Gasteiger partial charge in [0.15, 0.2) is 0 Å². The van der Waals surface area contributed by atoms with Crippen LogP contribution in [0.15, 0.2) is 36.8 Å². The molecule has 2 aromatic rings. The molecule has 4 nitrogen and oxygen atoms in total. The summed E-state index contributed by atoms with van der Waals surface area (Å²) in [6.07, 6.45) is 5.88. The Balaban J connectivity index is 0.000000341. The minimum absolute atomic E-state index is 0. The summed E-state index contributed by atoms with van der Waals surface area (Å²) in [5.74, 6) is 0. The number of fused-ring (bicyclic) bond motifs is 2. The maximum Gasteiger partial charge on any atom is 0.0625 e. The predicted octanol–water partition coefficient (Wildman–Crippen LogP) is 8.84. The molecule has 0 spiro atoms. The molecule has 4 heterocycles. The lowest BCUT2D eigenvalue weighted by Crippen LogP contribution is -2.44. The summed E-state index contributed by atoms with van der Waals surface area (Å²) in [5.41, 5.74) is 6.34. The number of nitrogens with zero attached hydrogens (tertiary/aromatic N) is 4. The van der Waals surface area contributed by atoms with Crippen molar-refractivity contribution in [1.29, 1.82) is 0 Å². The minimum atomic E-state index is 0. The highest BCUT2D eigenvalue weighted by atomic mass is 15.3. The van der Waals surface area contributed by atoms with E-state index in [4.69, 9.17) is 0 Å². The third-order valence-corrected chi connectivity index (χ3v) is 7.09. The Morgan fingerprint density at radius 1 is 0.667 bits per heavy atom. The van der Waals surface area contributed by atoms with Crippen LogP contribution in [-0.2, 0) is 13.1 Å². The van der Waals surface area contributed by atoms with Gasteiger partial charge in [0.2, 0.25) is 0 Å². The standard InChI is InChI=1S/2C15H24N2.2CH4/c1-14(2,3)13-12-9-16-8-7-11(12)10-17(13)15(4,5)6;1-14(2,3)13-12-11(8-7-9-16-12)10-17(13)15(4,5)6;;/h2*7-9,13H,10H2,1-6H3;2*1H4. The molecule has 2 aliphatic rings. The van der Waals surface area contributed by atoms with Crippen LogP contribution in [-0.4, -0.2) is 30.8 Å². The second-order valence-electron chi connectivity index (χ2n) is 14.3. The van der Waals surface area contributed by atoms with Gasteiger partial charge in [0, 0.05) is 48.8 Å². The highest BCUT2D eigenvalue weighted by molar-refractivity contribution is 5.33. The molecule has 0 N–H and O–H groups in total. The molecular weight excluding hydrogens is 440 g/mol. The maximum atomic E-state index is 4.63. The zero-order chi connectivity index (χ0) is 25.7. The average Bonchev–Trinajstić information content (AvgIpc) is 3.27. The molecule has 2 aliphatic heterocycles. The lowest BCUT2D eigenvalue weighted by molar-refractivity contribution is 0.0292. The number of rotatable bonds is 0. The van der Waals surface area contributed by atoms with Crippen LogP contribution in [0.3, 0.4) is 0 Å². The van der Waals surface area contributed by atoms with Crippen LogP contribution in [0.4, 0.5) is 0 Å². The molecule has 0 aliphatic carbocycles. The first-order valence-electron chi connectivity index (χ1n) is 12.8. The largest absolute Gasteiger partial charge is 0.287 e. The van der Waals surface area contributed by atoms with Gasteiger partial charge < -0.3 is 0 Å². The first-order chi connectivity index (χ1) is 15.4. The number of hydrogen-bond donors (Lipinski definition) is 0. The van der Waals surface area contributed by atoms with Crippen molar-refractivity contribution < 1.29 is 0 Å². The van der Waals surface area contributed by atoms with Crippen molar-refractivity contribution in [2.45, 2.75) is 134 Å². The van der Waals surface area contributed by atoms with Crippen LogP contribution in [0.25, 0.3) is 0 Å². The third kappa shape index (κ3) is 6.75. The molecule has 2 aromatic heterocycles. The summed E-state index contributed by atoms with van der Waals surface area (Å²) in [6.45, 7) is 29.7. The molecule has 2 atom stereocenters. The van der Waals surface area contributed by atoms with Crippen molar-refractivity contribution in [3.05, 3.63) is 59.2 Å². The molecule has 204 valence electrons. The van der Waals surface area contributed by atoms with Crippen LogP contribution >= 0.6 is 0 Å². The van der Waals surface area contributed by atoms with E-state index in [1.54, 1.807) is 0 Å². The van der Waals surface area contributed by atoms with Gasteiger partial charge in [0.05, 0.1) is 11.7 Å². The normalized spacial score (nSPS) is 20.4. The van der Waals surface area contributed by atoms with E-state index in [-0.39, 0.29) is 36.8 Å². The van der Waals surface area contributed by atoms with Crippen molar-refractivity contribution in [2.75, 3.05) is 0 Å². The molecule has 4 rings (SSSR count). The summed E-state index contributed by atoms with van der Waals surface area (Å²) < 4.78 is 0. The molecule has 36 heavy (non-hydrogen) atoms. The Labute approximate surface area is 223 Å². The quantitative estimate of drug-likeness (QED) is 0.364. The fourth-order valence-electron chi connectivity index (χ4n) is 5.58. The van der Waals surface area contributed by atoms with E-state index in [1.807, 2.05) is 18.5 Å². The van der Waals surface area contributed by atoms with Gasteiger partial charge in [0.1, 0.15) is 0 Å². The molecule has 0 radical (unpaired) electrons. The Morgan fingerprint density at radius 3 is 1.67 bits per heavy atom. The van der Waals surface area contributed by atoms with Gasteiger partial charge in [-0.15, -0.1) is 0 Å². The van der Waals surface area contributed by atoms with Crippen LogP contribution in [0.2, 0.25) is 0 Å². The van der Waals surface area contributed by atoms with Gasteiger partial charge in [-0.1, -0.05) is 62.5 Å². The van der Waals surface area contributed by atoms with Crippen LogP contribution < -0.4 is 0 Å². The van der Waals surface area contributed by atoms with Crippen molar-refractivity contribution in [2.24, 2.45) is 10.8 Å². The maximum absolute atomic E-state index is 4.63. The number of aromatic nitrogens is 2. The van der Waals surface area contributed by atoms with Crippen molar-refractivity contribution in [3.63, 3.8) is 0 Å². The molecule has 0 saturated carbocycles. The minimum Gasteiger partial charge on any atom is -0.287 e. The molecule has 4 heteroatoms. The monoisotopic (exact) mass is 496 g/mol. The van der Waals surface area contributed by atoms with E-state index in [2.05, 4.69) is 121 Å². The average molecular weight is 497 g/mol. The summed E-state index contributed by atoms with van der Waals surface area (Å²) in [4.78, 5) is 14.1. The fraction of sp³-hybridized carbons (Fsp3) is 0.688. The van der Waals surface area contributed by atoms with Crippen molar-refractivity contribution in [1.82, 2.24) is 19.8 Å². The molecule has 0 fully saturated rings. The molecule has 0 aromatic carbocycles. The SMILES string of the molecule is C.C.CC(C)(C)C1c2cnccc2CN1C(C)(C)C.CC(C)(C)C1c2ncccc2CN1C(C)(C)C. The third-order valence-electron chi connectivity index (χ3n) is 7.09. The first kappa shape index (κ1) is 32.2. The topological polar surface area (TPSA) is 32.3 Å². The summed E-state index contributed by atoms with van der Waals surface area (Å²) in [5, 5.41) is 0. The van der Waals surface area contributed by atoms with Gasteiger partial charge in [-0.2, -0.15) is 0 Å². The van der Waals surface area contributed by atoms with Gasteiger partial charge >= 0.3 is 0 Å². The Kier molecular flexibility index (Phi) is 9.77. The van der Waals surface area contributed by atoms with Crippen molar-refractivity contribution >= 4 is 0 Å². The molecule has 0 amide bonds. The van der Waals surface area contributed by atoms with E-state index < -0.39 is 0 Å². The highest BCUT2D eigenvalue weighted by Gasteiger charge is 2.44. The smallest absolute Gasteiger partial charge is 0.0625 e. The van der Waals surface area contributed by atoms with Crippen LogP contribution in [0.5, 0.6) is 0 Å².